The van der Waals surface area contributed by atoms with Crippen molar-refractivity contribution in [1.29, 1.82) is 0 Å². The van der Waals surface area contributed by atoms with Gasteiger partial charge in [0.2, 0.25) is 11.7 Å². The highest BCUT2D eigenvalue weighted by molar-refractivity contribution is 6.01. The lowest BCUT2D eigenvalue weighted by molar-refractivity contribution is -0.140. The van der Waals surface area contributed by atoms with Crippen molar-refractivity contribution in [2.24, 2.45) is 0 Å². The van der Waals surface area contributed by atoms with Gasteiger partial charge in [0.1, 0.15) is 22.8 Å². The van der Waals surface area contributed by atoms with Crippen LogP contribution in [-0.2, 0) is 14.9 Å². The van der Waals surface area contributed by atoms with E-state index in [0.717, 1.165) is 5.56 Å². The molecule has 0 radical (unpaired) electrons. The summed E-state index contributed by atoms with van der Waals surface area (Å²) < 4.78 is 22.4. The molecule has 2 aromatic carbocycles. The Kier molecular flexibility index (Phi) is 5.19. The number of rotatable bonds is 5. The molecule has 1 atom stereocenters. The molecule has 0 saturated heterocycles. The molecule has 2 N–H and O–H groups in total. The molecule has 184 valence electrons. The lowest BCUT2D eigenvalue weighted by Gasteiger charge is -2.14. The van der Waals surface area contributed by atoms with Gasteiger partial charge in [-0.15, -0.1) is 0 Å². The van der Waals surface area contributed by atoms with Gasteiger partial charge < -0.3 is 23.1 Å². The minimum absolute atomic E-state index is 0.000320. The monoisotopic (exact) mass is 497 g/mol. The lowest BCUT2D eigenvalue weighted by Crippen LogP contribution is -2.19. The third-order valence-electron chi connectivity index (χ3n) is 6.20. The highest BCUT2D eigenvalue weighted by Crippen LogP contribution is 2.48. The number of benzene rings is 2. The van der Waals surface area contributed by atoms with Gasteiger partial charge in [-0.1, -0.05) is 42.5 Å². The van der Waals surface area contributed by atoms with E-state index in [2.05, 4.69) is 27.1 Å². The zero-order valence-electron chi connectivity index (χ0n) is 19.5. The second-order valence-electron chi connectivity index (χ2n) is 8.67. The number of nitrogens with one attached hydrogen (secondary N) is 1. The number of carbonyl (C=O) groups is 2. The van der Waals surface area contributed by atoms with E-state index in [-0.39, 0.29) is 29.0 Å². The Morgan fingerprint density at radius 1 is 1.00 bits per heavy atom. The second-order valence-corrected chi connectivity index (χ2v) is 8.67. The first-order valence-corrected chi connectivity index (χ1v) is 11.5. The number of hydrogen-bond donors (Lipinski definition) is 2. The fourth-order valence-electron chi connectivity index (χ4n) is 4.00. The average molecular weight is 497 g/mol. The number of carboxylic acid groups (broad SMARTS) is 1. The van der Waals surface area contributed by atoms with Crippen LogP contribution in [0.2, 0.25) is 0 Å². The summed E-state index contributed by atoms with van der Waals surface area (Å²) >= 11 is 0. The van der Waals surface area contributed by atoms with Gasteiger partial charge in [0.25, 0.3) is 17.3 Å². The molecule has 1 aliphatic carbocycles. The van der Waals surface area contributed by atoms with Gasteiger partial charge in [-0.2, -0.15) is 9.97 Å². The van der Waals surface area contributed by atoms with E-state index in [0.29, 0.717) is 29.5 Å². The van der Waals surface area contributed by atoms with E-state index < -0.39 is 23.6 Å². The van der Waals surface area contributed by atoms with E-state index in [9.17, 15) is 14.7 Å². The number of aromatic nitrogens is 2. The Bertz CT molecular complexity index is 1680. The number of nitrogens with zero attached hydrogens (tertiary/aromatic N) is 2. The molecular formula is C27H19N3O7. The fourth-order valence-corrected chi connectivity index (χ4v) is 4.00. The van der Waals surface area contributed by atoms with Crippen molar-refractivity contribution >= 4 is 40.1 Å². The van der Waals surface area contributed by atoms with Gasteiger partial charge >= 0.3 is 12.1 Å². The number of hydrogen-bond acceptors (Lipinski definition) is 8. The molecule has 10 nitrogen and oxygen atoms in total. The molecule has 1 aliphatic rings. The number of para-hydroxylation sites is 1. The van der Waals surface area contributed by atoms with E-state index in [4.69, 9.17) is 18.0 Å². The first kappa shape index (κ1) is 22.4. The van der Waals surface area contributed by atoms with Crippen molar-refractivity contribution in [3.63, 3.8) is 0 Å². The van der Waals surface area contributed by atoms with Crippen LogP contribution >= 0.6 is 0 Å². The van der Waals surface area contributed by atoms with E-state index in [1.807, 2.05) is 36.4 Å². The number of aliphatic carboxylic acids is 1. The van der Waals surface area contributed by atoms with Gasteiger partial charge in [-0.25, -0.2) is 4.79 Å². The fraction of sp³-hybridized carbons (Fsp3) is 0.185. The van der Waals surface area contributed by atoms with Crippen molar-refractivity contribution in [3.8, 4) is 11.8 Å². The topological polar surface area (TPSA) is 141 Å². The van der Waals surface area contributed by atoms with Crippen LogP contribution < -0.4 is 5.32 Å². The summed E-state index contributed by atoms with van der Waals surface area (Å²) in [6, 6.07) is 16.5. The highest BCUT2D eigenvalue weighted by atomic mass is 16.6. The van der Waals surface area contributed by atoms with Crippen molar-refractivity contribution in [3.05, 3.63) is 77.7 Å². The van der Waals surface area contributed by atoms with E-state index in [1.165, 1.54) is 0 Å². The van der Waals surface area contributed by atoms with E-state index in [1.54, 1.807) is 25.1 Å². The van der Waals surface area contributed by atoms with Gasteiger partial charge in [-0.05, 0) is 43.4 Å². The van der Waals surface area contributed by atoms with Crippen LogP contribution in [0.3, 0.4) is 0 Å². The van der Waals surface area contributed by atoms with Crippen LogP contribution in [0.4, 0.5) is 10.5 Å². The Labute approximate surface area is 209 Å². The second kappa shape index (κ2) is 8.57. The van der Waals surface area contributed by atoms with Gasteiger partial charge in [0.05, 0.1) is 0 Å². The quantitative estimate of drug-likeness (QED) is 0.306. The number of oxazole rings is 2. The molecule has 37 heavy (non-hydrogen) atoms. The number of carbonyl (C=O) groups excluding carboxylic acids is 1. The molecule has 1 unspecified atom stereocenters. The molecule has 0 spiro atoms. The molecule has 10 heteroatoms. The van der Waals surface area contributed by atoms with Crippen LogP contribution in [0.15, 0.2) is 67.8 Å². The molecular weight excluding hydrogens is 478 g/mol. The Balaban J connectivity index is 1.26. The molecule has 1 saturated carbocycles. The Hall–Kier alpha value is -5.04. The molecule has 1 amide bonds. The maximum Gasteiger partial charge on any atom is 0.412 e. The maximum absolute atomic E-state index is 12.7. The van der Waals surface area contributed by atoms with Gasteiger partial charge in [-0.3, -0.25) is 10.1 Å². The van der Waals surface area contributed by atoms with Crippen LogP contribution in [0.25, 0.3) is 22.4 Å². The molecule has 6 rings (SSSR count). The smallest absolute Gasteiger partial charge is 0.412 e. The lowest BCUT2D eigenvalue weighted by atomic mass is 10.1. The van der Waals surface area contributed by atoms with Crippen LogP contribution in [0, 0.1) is 11.8 Å². The first-order chi connectivity index (χ1) is 17.9. The van der Waals surface area contributed by atoms with Crippen molar-refractivity contribution in [1.82, 2.24) is 9.97 Å². The molecule has 3 aromatic heterocycles. The predicted molar refractivity (Wildman–Crippen MR) is 130 cm³/mol. The normalized spacial score (nSPS) is 14.6. The van der Waals surface area contributed by atoms with Crippen molar-refractivity contribution in [2.75, 3.05) is 5.32 Å². The van der Waals surface area contributed by atoms with Crippen molar-refractivity contribution < 1.29 is 32.7 Å². The minimum atomic E-state index is -1.10. The Morgan fingerprint density at radius 2 is 1.73 bits per heavy atom. The molecule has 3 heterocycles. The zero-order valence-corrected chi connectivity index (χ0v) is 19.5. The number of amides is 1. The van der Waals surface area contributed by atoms with Crippen LogP contribution in [-0.4, -0.2) is 27.1 Å². The summed E-state index contributed by atoms with van der Waals surface area (Å²) in [6.45, 7) is 1.78. The summed E-state index contributed by atoms with van der Waals surface area (Å²) in [5, 5.41) is 12.8. The third kappa shape index (κ3) is 4.06. The summed E-state index contributed by atoms with van der Waals surface area (Å²) in [6.07, 6.45) is -0.229. The number of ether oxygens (including phenoxy) is 1. The minimum Gasteiger partial charge on any atom is -0.480 e. The van der Waals surface area contributed by atoms with Crippen LogP contribution in [0.1, 0.15) is 49.0 Å². The number of furan rings is 1. The highest BCUT2D eigenvalue weighted by Gasteiger charge is 2.56. The third-order valence-corrected chi connectivity index (χ3v) is 6.20. The standard InChI is InChI=1S/C27H19N3O7/c1-15(16-7-3-2-4-8-16)34-26(33)29-21-17-9-5-6-10-18(17)35-19(21)11-12-20-28-22-23(36-20)30-24(37-22)27(13-14-27)25(31)32/h2-10,15H,13-14H2,1H3,(H,29,33)(H,31,32). The largest absolute Gasteiger partial charge is 0.480 e. The molecule has 0 aliphatic heterocycles. The van der Waals surface area contributed by atoms with Crippen molar-refractivity contribution in [2.45, 2.75) is 31.3 Å². The summed E-state index contributed by atoms with van der Waals surface area (Å²) in [7, 11) is 0. The summed E-state index contributed by atoms with van der Waals surface area (Å²) in [5.41, 5.74) is 0.753. The SMILES string of the molecule is CC(OC(=O)Nc1c(C#Cc2nc3oc(C4(C(=O)O)CC4)nc3o2)oc2ccccc12)c1ccccc1. The number of carboxylic acids is 1. The number of anilines is 1. The number of fused-ring (bicyclic) bond motifs is 2. The molecule has 1 fully saturated rings. The van der Waals surface area contributed by atoms with Crippen LogP contribution in [0.5, 0.6) is 0 Å². The average Bonchev–Trinajstić information content (AvgIpc) is 3.33. The predicted octanol–water partition coefficient (Wildman–Crippen LogP) is 5.39. The first-order valence-electron chi connectivity index (χ1n) is 11.5. The van der Waals surface area contributed by atoms with Gasteiger partial charge in [0, 0.05) is 11.3 Å². The molecule has 0 bridgehead atoms. The molecule has 5 aromatic rings. The maximum atomic E-state index is 12.7. The van der Waals surface area contributed by atoms with Gasteiger partial charge in [0.15, 0.2) is 0 Å². The van der Waals surface area contributed by atoms with E-state index >= 15 is 0 Å². The summed E-state index contributed by atoms with van der Waals surface area (Å²) in [4.78, 5) is 32.5. The Morgan fingerprint density at radius 3 is 2.46 bits per heavy atom. The zero-order chi connectivity index (χ0) is 25.6. The summed E-state index contributed by atoms with van der Waals surface area (Å²) in [5.74, 6) is 4.84.